The standard InChI is InChI=1S/C15H20N4O2/c1-4-11-5-7-12(8-6-11)16-14(20)10-19-9-13(17-18-19)15(2,3)21/h5-9,21H,4,10H2,1-3H3,(H,16,20). The van der Waals surface area contributed by atoms with Crippen LogP contribution in [0.5, 0.6) is 0 Å². The van der Waals surface area contributed by atoms with Crippen molar-refractivity contribution < 1.29 is 9.90 Å². The van der Waals surface area contributed by atoms with Crippen molar-refractivity contribution in [3.63, 3.8) is 0 Å². The van der Waals surface area contributed by atoms with E-state index in [0.29, 0.717) is 5.69 Å². The first-order valence-electron chi connectivity index (χ1n) is 6.90. The van der Waals surface area contributed by atoms with Gasteiger partial charge in [-0.1, -0.05) is 24.3 Å². The third-order valence-electron chi connectivity index (χ3n) is 3.12. The van der Waals surface area contributed by atoms with Crippen LogP contribution >= 0.6 is 0 Å². The van der Waals surface area contributed by atoms with Crippen molar-refractivity contribution in [1.29, 1.82) is 0 Å². The number of nitrogens with one attached hydrogen (secondary N) is 1. The van der Waals surface area contributed by atoms with Gasteiger partial charge in [-0.25, -0.2) is 4.68 Å². The minimum absolute atomic E-state index is 0.0542. The number of benzene rings is 1. The maximum Gasteiger partial charge on any atom is 0.246 e. The second-order valence-electron chi connectivity index (χ2n) is 5.46. The topological polar surface area (TPSA) is 80.0 Å². The molecule has 2 N–H and O–H groups in total. The Morgan fingerprint density at radius 2 is 2.00 bits per heavy atom. The highest BCUT2D eigenvalue weighted by atomic mass is 16.3. The van der Waals surface area contributed by atoms with Gasteiger partial charge < -0.3 is 10.4 Å². The number of rotatable bonds is 5. The summed E-state index contributed by atoms with van der Waals surface area (Å²) in [6.07, 6.45) is 2.53. The van der Waals surface area contributed by atoms with Crippen molar-refractivity contribution >= 4 is 11.6 Å². The zero-order valence-electron chi connectivity index (χ0n) is 12.5. The molecule has 0 aliphatic carbocycles. The molecule has 2 rings (SSSR count). The number of aliphatic hydroxyl groups is 1. The molecule has 1 heterocycles. The lowest BCUT2D eigenvalue weighted by Gasteiger charge is -2.11. The average Bonchev–Trinajstić information content (AvgIpc) is 2.88. The highest BCUT2D eigenvalue weighted by Gasteiger charge is 2.20. The fourth-order valence-electron chi connectivity index (χ4n) is 1.83. The zero-order valence-corrected chi connectivity index (χ0v) is 12.5. The van der Waals surface area contributed by atoms with Gasteiger partial charge in [-0.2, -0.15) is 0 Å². The van der Waals surface area contributed by atoms with Gasteiger partial charge in [-0.3, -0.25) is 4.79 Å². The maximum absolute atomic E-state index is 11.9. The van der Waals surface area contributed by atoms with Gasteiger partial charge in [-0.15, -0.1) is 5.10 Å². The van der Waals surface area contributed by atoms with E-state index >= 15 is 0 Å². The van der Waals surface area contributed by atoms with Crippen LogP contribution in [0.15, 0.2) is 30.5 Å². The molecule has 1 aromatic carbocycles. The van der Waals surface area contributed by atoms with Crippen LogP contribution in [0.1, 0.15) is 32.0 Å². The Morgan fingerprint density at radius 3 is 2.52 bits per heavy atom. The molecule has 21 heavy (non-hydrogen) atoms. The molecule has 2 aromatic rings. The van der Waals surface area contributed by atoms with Crippen molar-refractivity contribution in [2.24, 2.45) is 0 Å². The Labute approximate surface area is 123 Å². The molecule has 0 unspecified atom stereocenters. The van der Waals surface area contributed by atoms with Gasteiger partial charge in [0.15, 0.2) is 0 Å². The van der Waals surface area contributed by atoms with E-state index in [1.54, 1.807) is 20.0 Å². The fourth-order valence-corrected chi connectivity index (χ4v) is 1.83. The Hall–Kier alpha value is -2.21. The Morgan fingerprint density at radius 1 is 1.33 bits per heavy atom. The van der Waals surface area contributed by atoms with E-state index < -0.39 is 5.60 Å². The minimum atomic E-state index is -1.06. The highest BCUT2D eigenvalue weighted by molar-refractivity contribution is 5.90. The van der Waals surface area contributed by atoms with Gasteiger partial charge in [0.25, 0.3) is 0 Å². The van der Waals surface area contributed by atoms with Crippen LogP contribution in [0.3, 0.4) is 0 Å². The number of anilines is 1. The van der Waals surface area contributed by atoms with Crippen LogP contribution in [-0.2, 0) is 23.4 Å². The number of hydrogen-bond donors (Lipinski definition) is 2. The molecule has 0 radical (unpaired) electrons. The maximum atomic E-state index is 11.9. The van der Waals surface area contributed by atoms with Crippen molar-refractivity contribution in [2.75, 3.05) is 5.32 Å². The minimum Gasteiger partial charge on any atom is -0.384 e. The predicted octanol–water partition coefficient (Wildman–Crippen LogP) is 1.71. The van der Waals surface area contributed by atoms with Gasteiger partial charge in [-0.05, 0) is 38.0 Å². The summed E-state index contributed by atoms with van der Waals surface area (Å²) < 4.78 is 1.41. The first-order valence-corrected chi connectivity index (χ1v) is 6.90. The summed E-state index contributed by atoms with van der Waals surface area (Å²) >= 11 is 0. The molecular weight excluding hydrogens is 268 g/mol. The van der Waals surface area contributed by atoms with Crippen molar-refractivity contribution in [3.8, 4) is 0 Å². The van der Waals surface area contributed by atoms with E-state index in [9.17, 15) is 9.90 Å². The number of amides is 1. The van der Waals surface area contributed by atoms with Crippen LogP contribution < -0.4 is 5.32 Å². The largest absolute Gasteiger partial charge is 0.384 e. The summed E-state index contributed by atoms with van der Waals surface area (Å²) in [5.74, 6) is -0.188. The van der Waals surface area contributed by atoms with Crippen LogP contribution in [0.25, 0.3) is 0 Å². The van der Waals surface area contributed by atoms with Crippen LogP contribution in [0, 0.1) is 0 Å². The van der Waals surface area contributed by atoms with E-state index in [1.165, 1.54) is 10.2 Å². The van der Waals surface area contributed by atoms with E-state index in [-0.39, 0.29) is 12.5 Å². The van der Waals surface area contributed by atoms with Gasteiger partial charge in [0.2, 0.25) is 5.91 Å². The van der Waals surface area contributed by atoms with Crippen LogP contribution in [0.2, 0.25) is 0 Å². The lowest BCUT2D eigenvalue weighted by atomic mass is 10.1. The molecule has 0 aliphatic heterocycles. The number of aryl methyl sites for hydroxylation is 1. The van der Waals surface area contributed by atoms with E-state index in [4.69, 9.17) is 0 Å². The molecule has 1 aromatic heterocycles. The molecule has 0 bridgehead atoms. The Balaban J connectivity index is 1.96. The normalized spacial score (nSPS) is 11.4. The average molecular weight is 288 g/mol. The van der Waals surface area contributed by atoms with E-state index in [2.05, 4.69) is 22.6 Å². The number of aromatic nitrogens is 3. The Kier molecular flexibility index (Phi) is 4.37. The highest BCUT2D eigenvalue weighted by Crippen LogP contribution is 2.15. The molecule has 0 fully saturated rings. The first-order chi connectivity index (χ1) is 9.88. The third kappa shape index (κ3) is 4.13. The number of carbonyl (C=O) groups is 1. The smallest absolute Gasteiger partial charge is 0.246 e. The molecule has 0 atom stereocenters. The summed E-state index contributed by atoms with van der Waals surface area (Å²) in [6, 6.07) is 7.72. The molecule has 6 heteroatoms. The molecular formula is C15H20N4O2. The molecule has 0 saturated heterocycles. The van der Waals surface area contributed by atoms with Crippen LogP contribution in [0.4, 0.5) is 5.69 Å². The van der Waals surface area contributed by atoms with Crippen molar-refractivity contribution in [3.05, 3.63) is 41.7 Å². The zero-order chi connectivity index (χ0) is 15.5. The lowest BCUT2D eigenvalue weighted by Crippen LogP contribution is -2.19. The van der Waals surface area contributed by atoms with Gasteiger partial charge in [0, 0.05) is 5.69 Å². The summed E-state index contributed by atoms with van der Waals surface area (Å²) in [5.41, 5.74) is 1.34. The van der Waals surface area contributed by atoms with Gasteiger partial charge in [0.05, 0.1) is 6.20 Å². The summed E-state index contributed by atoms with van der Waals surface area (Å²) in [5, 5.41) is 20.3. The number of hydrogen-bond acceptors (Lipinski definition) is 4. The second kappa shape index (κ2) is 6.05. The predicted molar refractivity (Wildman–Crippen MR) is 79.7 cm³/mol. The molecule has 6 nitrogen and oxygen atoms in total. The quantitative estimate of drug-likeness (QED) is 0.877. The van der Waals surface area contributed by atoms with Crippen molar-refractivity contribution in [2.45, 2.75) is 39.3 Å². The molecule has 112 valence electrons. The van der Waals surface area contributed by atoms with Crippen LogP contribution in [-0.4, -0.2) is 26.0 Å². The first kappa shape index (κ1) is 15.2. The Bertz CT molecular complexity index is 611. The van der Waals surface area contributed by atoms with Gasteiger partial charge in [0.1, 0.15) is 17.8 Å². The summed E-state index contributed by atoms with van der Waals surface area (Å²) in [6.45, 7) is 5.38. The fraction of sp³-hybridized carbons (Fsp3) is 0.400. The molecule has 0 aliphatic rings. The molecule has 1 amide bonds. The summed E-state index contributed by atoms with van der Waals surface area (Å²) in [4.78, 5) is 11.9. The molecule has 0 spiro atoms. The lowest BCUT2D eigenvalue weighted by molar-refractivity contribution is -0.116. The van der Waals surface area contributed by atoms with E-state index in [0.717, 1.165) is 12.1 Å². The second-order valence-corrected chi connectivity index (χ2v) is 5.46. The monoisotopic (exact) mass is 288 g/mol. The third-order valence-corrected chi connectivity index (χ3v) is 3.12. The summed E-state index contributed by atoms with van der Waals surface area (Å²) in [7, 11) is 0. The van der Waals surface area contributed by atoms with Crippen molar-refractivity contribution in [1.82, 2.24) is 15.0 Å². The SMILES string of the molecule is CCc1ccc(NC(=O)Cn2cc(C(C)(C)O)nn2)cc1. The van der Waals surface area contributed by atoms with E-state index in [1.807, 2.05) is 24.3 Å². The number of carbonyl (C=O) groups excluding carboxylic acids is 1. The van der Waals surface area contributed by atoms with Gasteiger partial charge >= 0.3 is 0 Å². The number of nitrogens with zero attached hydrogens (tertiary/aromatic N) is 3. The molecule has 0 saturated carbocycles.